The van der Waals surface area contributed by atoms with Gasteiger partial charge in [-0.3, -0.25) is 0 Å². The van der Waals surface area contributed by atoms with Crippen molar-refractivity contribution in [2.24, 2.45) is 0 Å². The van der Waals surface area contributed by atoms with Crippen LogP contribution in [0.25, 0.3) is 21.5 Å². The molecule has 9 rings (SSSR count). The first-order valence-electron chi connectivity index (χ1n) is 21.7. The van der Waals surface area contributed by atoms with Crippen molar-refractivity contribution >= 4 is 88.5 Å². The Hall–Kier alpha value is -9.52. The SMILES string of the molecule is O=C(Nc1cccc(OC(=O)c2cccc(C(=O)Oc3cccc(NC(=O)Nc4cccc(OS(=O)(=O)c5ccc6ccccc6c5)c4)c3)c2)c1)Nc1cccc(OS(=O)(=O)c2ccc3ccccc3c2)c1. The van der Waals surface area contributed by atoms with Gasteiger partial charge in [0.2, 0.25) is 0 Å². The monoisotopic (exact) mass is 998 g/mol. The van der Waals surface area contributed by atoms with E-state index >= 15 is 0 Å². The van der Waals surface area contributed by atoms with Crippen LogP contribution in [0, 0.1) is 0 Å². The van der Waals surface area contributed by atoms with Crippen LogP contribution in [0.2, 0.25) is 0 Å². The van der Waals surface area contributed by atoms with Gasteiger partial charge >= 0.3 is 44.2 Å². The highest BCUT2D eigenvalue weighted by Crippen LogP contribution is 2.28. The Morgan fingerprint density at radius 1 is 0.319 bits per heavy atom. The molecule has 0 saturated carbocycles. The highest BCUT2D eigenvalue weighted by molar-refractivity contribution is 7.87. The van der Waals surface area contributed by atoms with Crippen LogP contribution in [0.3, 0.4) is 0 Å². The third kappa shape index (κ3) is 11.8. The van der Waals surface area contributed by atoms with E-state index in [2.05, 4.69) is 21.3 Å². The summed E-state index contributed by atoms with van der Waals surface area (Å²) in [4.78, 5) is 52.4. The summed E-state index contributed by atoms with van der Waals surface area (Å²) in [6.07, 6.45) is 0. The van der Waals surface area contributed by atoms with Crippen molar-refractivity contribution in [3.8, 4) is 23.0 Å². The lowest BCUT2D eigenvalue weighted by Crippen LogP contribution is -2.19. The number of urea groups is 2. The van der Waals surface area contributed by atoms with Gasteiger partial charge in [0.1, 0.15) is 32.8 Å². The van der Waals surface area contributed by atoms with E-state index in [9.17, 15) is 36.0 Å². The van der Waals surface area contributed by atoms with Gasteiger partial charge in [-0.2, -0.15) is 16.8 Å². The summed E-state index contributed by atoms with van der Waals surface area (Å²) in [6, 6.07) is 51.9. The van der Waals surface area contributed by atoms with E-state index in [-0.39, 0.29) is 66.7 Å². The smallest absolute Gasteiger partial charge is 0.343 e. The Kier molecular flexibility index (Phi) is 13.6. The predicted molar refractivity (Wildman–Crippen MR) is 271 cm³/mol. The number of ether oxygens (including phenoxy) is 2. The maximum absolute atomic E-state index is 13.2. The van der Waals surface area contributed by atoms with Gasteiger partial charge < -0.3 is 39.1 Å². The van der Waals surface area contributed by atoms with Crippen molar-refractivity contribution in [2.45, 2.75) is 9.79 Å². The molecule has 0 unspecified atom stereocenters. The number of anilines is 4. The Bertz CT molecular complexity index is 3570. The number of amides is 4. The van der Waals surface area contributed by atoms with Crippen LogP contribution in [0.4, 0.5) is 32.3 Å². The number of nitrogens with one attached hydrogen (secondary N) is 4. The third-order valence-corrected chi connectivity index (χ3v) is 13.0. The van der Waals surface area contributed by atoms with E-state index < -0.39 is 44.2 Å². The molecule has 9 aromatic carbocycles. The molecule has 0 saturated heterocycles. The van der Waals surface area contributed by atoms with Crippen LogP contribution in [0.15, 0.2) is 216 Å². The molecule has 0 aromatic heterocycles. The first-order valence-corrected chi connectivity index (χ1v) is 24.5. The lowest BCUT2D eigenvalue weighted by atomic mass is 10.1. The molecule has 9 aromatic rings. The van der Waals surface area contributed by atoms with Crippen LogP contribution in [-0.4, -0.2) is 40.8 Å². The van der Waals surface area contributed by atoms with E-state index in [0.717, 1.165) is 21.5 Å². The van der Waals surface area contributed by atoms with E-state index in [1.165, 1.54) is 109 Å². The molecule has 0 aliphatic carbocycles. The molecule has 18 heteroatoms. The quantitative estimate of drug-likeness (QED) is 0.0454. The molecule has 16 nitrogen and oxygen atoms in total. The number of rotatable bonds is 14. The fourth-order valence-electron chi connectivity index (χ4n) is 7.21. The number of carbonyl (C=O) groups is 4. The zero-order valence-corrected chi connectivity index (χ0v) is 39.0. The molecule has 0 heterocycles. The normalized spacial score (nSPS) is 11.2. The first-order chi connectivity index (χ1) is 34.7. The maximum atomic E-state index is 13.2. The molecule has 4 amide bonds. The van der Waals surface area contributed by atoms with Crippen LogP contribution in [0.5, 0.6) is 23.0 Å². The molecule has 0 radical (unpaired) electrons. The number of hydrogen-bond acceptors (Lipinski definition) is 12. The molecule has 0 spiro atoms. The van der Waals surface area contributed by atoms with Gasteiger partial charge in [-0.05, 0) is 113 Å². The molecular weight excluding hydrogens is 961 g/mol. The van der Waals surface area contributed by atoms with Crippen molar-refractivity contribution < 1.29 is 53.9 Å². The number of fused-ring (bicyclic) bond motifs is 2. The summed E-state index contributed by atoms with van der Waals surface area (Å²) in [5, 5.41) is 13.7. The van der Waals surface area contributed by atoms with E-state index in [4.69, 9.17) is 17.8 Å². The van der Waals surface area contributed by atoms with Crippen LogP contribution in [-0.2, 0) is 20.2 Å². The van der Waals surface area contributed by atoms with Gasteiger partial charge in [-0.1, -0.05) is 91.0 Å². The van der Waals surface area contributed by atoms with Gasteiger partial charge in [0.25, 0.3) is 0 Å². The zero-order chi connectivity index (χ0) is 50.2. The molecule has 4 N–H and O–H groups in total. The molecule has 72 heavy (non-hydrogen) atoms. The standard InChI is InChI=1S/C54H38N4O12S2/c59-51(67-45-20-6-16-41(31-45)55-53(61)57-43-18-8-22-47(33-43)69-71(63,64)49-26-24-35-10-1-3-12-37(35)29-49)39-14-5-15-40(28-39)52(60)68-46-21-7-17-42(32-46)56-54(62)58-44-19-9-23-48(34-44)70-72(65,66)50-27-25-36-11-2-4-13-38(36)30-50/h1-34H,(H2,55,57,61)(H2,56,58,62). The topological polar surface area (TPSA) is 222 Å². The number of carbonyl (C=O) groups excluding carboxylic acids is 4. The molecule has 0 aliphatic rings. The summed E-state index contributed by atoms with van der Waals surface area (Å²) < 4.78 is 74.2. The molecule has 0 aliphatic heterocycles. The molecule has 358 valence electrons. The van der Waals surface area contributed by atoms with E-state index in [1.54, 1.807) is 72.8 Å². The lowest BCUT2D eigenvalue weighted by molar-refractivity contribution is 0.0734. The predicted octanol–water partition coefficient (Wildman–Crippen LogP) is 11.3. The van der Waals surface area contributed by atoms with E-state index in [1.807, 2.05) is 24.3 Å². The Morgan fingerprint density at radius 2 is 0.653 bits per heavy atom. The second kappa shape index (κ2) is 20.6. The number of esters is 2. The molecule has 0 fully saturated rings. The minimum Gasteiger partial charge on any atom is -0.423 e. The Labute approximate surface area is 412 Å². The van der Waals surface area contributed by atoms with Crippen LogP contribution in [0.1, 0.15) is 20.7 Å². The summed E-state index contributed by atoms with van der Waals surface area (Å²) >= 11 is 0. The highest BCUT2D eigenvalue weighted by atomic mass is 32.2. The number of benzene rings is 9. The minimum atomic E-state index is -4.20. The number of hydrogen-bond donors (Lipinski definition) is 4. The van der Waals surface area contributed by atoms with Crippen molar-refractivity contribution in [1.82, 2.24) is 0 Å². The van der Waals surface area contributed by atoms with Gasteiger partial charge in [-0.25, -0.2) is 19.2 Å². The highest BCUT2D eigenvalue weighted by Gasteiger charge is 2.20. The van der Waals surface area contributed by atoms with Crippen molar-refractivity contribution in [3.05, 3.63) is 217 Å². The van der Waals surface area contributed by atoms with Crippen LogP contribution < -0.4 is 39.1 Å². The maximum Gasteiger partial charge on any atom is 0.343 e. The fourth-order valence-corrected chi connectivity index (χ4v) is 9.13. The summed E-state index contributed by atoms with van der Waals surface area (Å²) in [5.41, 5.74) is 0.986. The van der Waals surface area contributed by atoms with Gasteiger partial charge in [0.05, 0.1) is 11.1 Å². The second-order valence-electron chi connectivity index (χ2n) is 15.7. The lowest BCUT2D eigenvalue weighted by Gasteiger charge is -2.12. The molecular formula is C54H38N4O12S2. The summed E-state index contributed by atoms with van der Waals surface area (Å²) in [6.45, 7) is 0. The summed E-state index contributed by atoms with van der Waals surface area (Å²) in [7, 11) is -8.40. The third-order valence-electron chi connectivity index (χ3n) is 10.6. The van der Waals surface area contributed by atoms with Crippen molar-refractivity contribution in [3.63, 3.8) is 0 Å². The Balaban J connectivity index is 0.763. The molecule has 0 bridgehead atoms. The fraction of sp³-hybridized carbons (Fsp3) is 0. The first kappa shape index (κ1) is 47.5. The average Bonchev–Trinajstić information content (AvgIpc) is 3.36. The minimum absolute atomic E-state index is 0.0122. The van der Waals surface area contributed by atoms with Crippen LogP contribution >= 0.6 is 0 Å². The van der Waals surface area contributed by atoms with Crippen molar-refractivity contribution in [2.75, 3.05) is 21.3 Å². The van der Waals surface area contributed by atoms with Crippen molar-refractivity contribution in [1.29, 1.82) is 0 Å². The second-order valence-corrected chi connectivity index (χ2v) is 18.8. The average molecular weight is 999 g/mol. The largest absolute Gasteiger partial charge is 0.423 e. The van der Waals surface area contributed by atoms with Gasteiger partial charge in [-0.15, -0.1) is 0 Å². The van der Waals surface area contributed by atoms with Gasteiger partial charge in [0, 0.05) is 47.0 Å². The van der Waals surface area contributed by atoms with E-state index in [0.29, 0.717) is 0 Å². The molecule has 0 atom stereocenters. The Morgan fingerprint density at radius 3 is 1.04 bits per heavy atom. The summed E-state index contributed by atoms with van der Waals surface area (Å²) in [5.74, 6) is -1.55. The zero-order valence-electron chi connectivity index (χ0n) is 37.3. The van der Waals surface area contributed by atoms with Gasteiger partial charge in [0.15, 0.2) is 0 Å².